The van der Waals surface area contributed by atoms with Crippen molar-refractivity contribution in [2.24, 2.45) is 5.92 Å². The van der Waals surface area contributed by atoms with Crippen LogP contribution in [0.25, 0.3) is 0 Å². The van der Waals surface area contributed by atoms with Crippen LogP contribution in [0.3, 0.4) is 0 Å². The minimum absolute atomic E-state index is 0.489. The third-order valence-electron chi connectivity index (χ3n) is 3.93. The van der Waals surface area contributed by atoms with Crippen LogP contribution >= 0.6 is 0 Å². The Morgan fingerprint density at radius 3 is 2.67 bits per heavy atom. The molecule has 3 heteroatoms. The van der Waals surface area contributed by atoms with Crippen molar-refractivity contribution in [2.75, 3.05) is 6.54 Å². The van der Waals surface area contributed by atoms with Gasteiger partial charge in [0.15, 0.2) is 0 Å². The molecule has 2 rings (SSSR count). The lowest BCUT2D eigenvalue weighted by Crippen LogP contribution is -2.33. The van der Waals surface area contributed by atoms with Gasteiger partial charge in [-0.3, -0.25) is 0 Å². The second kappa shape index (κ2) is 6.28. The van der Waals surface area contributed by atoms with Gasteiger partial charge in [0.2, 0.25) is 0 Å². The van der Waals surface area contributed by atoms with Gasteiger partial charge in [-0.1, -0.05) is 20.3 Å². The molecule has 0 saturated heterocycles. The molecule has 1 N–H and O–H groups in total. The zero-order valence-corrected chi connectivity index (χ0v) is 11.9. The van der Waals surface area contributed by atoms with Crippen LogP contribution in [-0.4, -0.2) is 16.7 Å². The first-order chi connectivity index (χ1) is 8.76. The molecule has 0 radical (unpaired) electrons. The van der Waals surface area contributed by atoms with Gasteiger partial charge in [-0.15, -0.1) is 0 Å². The van der Waals surface area contributed by atoms with Gasteiger partial charge in [-0.25, -0.2) is 0 Å². The van der Waals surface area contributed by atoms with E-state index in [4.69, 9.17) is 0 Å². The fraction of sp³-hybridized carbons (Fsp3) is 0.733. The van der Waals surface area contributed by atoms with E-state index in [-0.39, 0.29) is 0 Å². The van der Waals surface area contributed by atoms with E-state index in [0.717, 1.165) is 24.6 Å². The van der Waals surface area contributed by atoms with E-state index >= 15 is 0 Å². The van der Waals surface area contributed by atoms with E-state index in [1.54, 1.807) is 0 Å². The summed E-state index contributed by atoms with van der Waals surface area (Å²) in [6, 6.07) is 2.72. The van der Waals surface area contributed by atoms with Gasteiger partial charge >= 0.3 is 0 Å². The number of hydrogen-bond acceptors (Lipinski definition) is 3. The largest absolute Gasteiger partial charge is 0.310 e. The Morgan fingerprint density at radius 1 is 1.33 bits per heavy atom. The molecule has 1 aliphatic rings. The highest BCUT2D eigenvalue weighted by molar-refractivity contribution is 5.26. The van der Waals surface area contributed by atoms with Gasteiger partial charge in [0, 0.05) is 6.04 Å². The molecule has 1 aromatic heterocycles. The molecule has 0 aliphatic heterocycles. The Hall–Kier alpha value is -0.960. The first-order valence-electron chi connectivity index (χ1n) is 7.32. The quantitative estimate of drug-likeness (QED) is 0.839. The van der Waals surface area contributed by atoms with Gasteiger partial charge in [0.05, 0.1) is 11.4 Å². The molecule has 1 unspecified atom stereocenters. The third kappa shape index (κ3) is 2.89. The van der Waals surface area contributed by atoms with E-state index in [9.17, 15) is 0 Å². The summed E-state index contributed by atoms with van der Waals surface area (Å²) in [7, 11) is 0. The average molecular weight is 247 g/mol. The second-order valence-corrected chi connectivity index (χ2v) is 5.36. The molecule has 1 fully saturated rings. The van der Waals surface area contributed by atoms with Crippen LogP contribution in [-0.2, 0) is 6.42 Å². The molecule has 0 aromatic carbocycles. The average Bonchev–Trinajstić information content (AvgIpc) is 2.32. The van der Waals surface area contributed by atoms with Crippen LogP contribution in [0.15, 0.2) is 6.07 Å². The lowest BCUT2D eigenvalue weighted by atomic mass is 9.76. The summed E-state index contributed by atoms with van der Waals surface area (Å²) < 4.78 is 0. The van der Waals surface area contributed by atoms with Crippen molar-refractivity contribution in [1.82, 2.24) is 15.5 Å². The minimum atomic E-state index is 0.489. The molecule has 3 nitrogen and oxygen atoms in total. The Labute approximate surface area is 110 Å². The minimum Gasteiger partial charge on any atom is -0.310 e. The third-order valence-corrected chi connectivity index (χ3v) is 3.93. The van der Waals surface area contributed by atoms with E-state index in [2.05, 4.69) is 35.4 Å². The maximum absolute atomic E-state index is 4.38. The molecule has 1 atom stereocenters. The molecule has 0 spiro atoms. The highest BCUT2D eigenvalue weighted by Gasteiger charge is 2.29. The molecule has 1 aliphatic carbocycles. The van der Waals surface area contributed by atoms with E-state index in [1.165, 1.54) is 36.9 Å². The SMILES string of the molecule is CCCNC(c1cc(C)nnc1CC)C1CCC1. The van der Waals surface area contributed by atoms with Crippen molar-refractivity contribution in [3.05, 3.63) is 23.0 Å². The van der Waals surface area contributed by atoms with Crippen LogP contribution in [0.1, 0.15) is 62.5 Å². The molecular weight excluding hydrogens is 222 g/mol. The summed E-state index contributed by atoms with van der Waals surface area (Å²) >= 11 is 0. The van der Waals surface area contributed by atoms with Crippen LogP contribution in [0.4, 0.5) is 0 Å². The Balaban J connectivity index is 2.24. The highest BCUT2D eigenvalue weighted by atomic mass is 15.1. The fourth-order valence-electron chi connectivity index (χ4n) is 2.68. The number of nitrogens with one attached hydrogen (secondary N) is 1. The maximum atomic E-state index is 4.38. The molecule has 18 heavy (non-hydrogen) atoms. The molecule has 0 bridgehead atoms. The van der Waals surface area contributed by atoms with Crippen molar-refractivity contribution in [1.29, 1.82) is 0 Å². The van der Waals surface area contributed by atoms with Gasteiger partial charge in [-0.2, -0.15) is 10.2 Å². The monoisotopic (exact) mass is 247 g/mol. The fourth-order valence-corrected chi connectivity index (χ4v) is 2.68. The number of rotatable bonds is 6. The van der Waals surface area contributed by atoms with E-state index in [1.807, 2.05) is 6.92 Å². The maximum Gasteiger partial charge on any atom is 0.0676 e. The Bertz CT molecular complexity index is 385. The smallest absolute Gasteiger partial charge is 0.0676 e. The summed E-state index contributed by atoms with van der Waals surface area (Å²) in [4.78, 5) is 0. The lowest BCUT2D eigenvalue weighted by Gasteiger charge is -2.35. The van der Waals surface area contributed by atoms with Gasteiger partial charge in [0.1, 0.15) is 0 Å². The van der Waals surface area contributed by atoms with Crippen molar-refractivity contribution in [3.8, 4) is 0 Å². The number of aryl methyl sites for hydroxylation is 2. The van der Waals surface area contributed by atoms with Crippen LogP contribution in [0.2, 0.25) is 0 Å². The molecule has 1 heterocycles. The number of nitrogens with zero attached hydrogens (tertiary/aromatic N) is 2. The van der Waals surface area contributed by atoms with Crippen molar-refractivity contribution >= 4 is 0 Å². The zero-order valence-electron chi connectivity index (χ0n) is 11.9. The second-order valence-electron chi connectivity index (χ2n) is 5.36. The first kappa shape index (κ1) is 13.5. The van der Waals surface area contributed by atoms with E-state index in [0.29, 0.717) is 6.04 Å². The molecule has 0 amide bonds. The van der Waals surface area contributed by atoms with Gasteiger partial charge < -0.3 is 5.32 Å². The Kier molecular flexibility index (Phi) is 4.70. The summed E-state index contributed by atoms with van der Waals surface area (Å²) in [6.07, 6.45) is 6.24. The molecular formula is C15H25N3. The predicted molar refractivity (Wildman–Crippen MR) is 74.5 cm³/mol. The molecule has 1 saturated carbocycles. The molecule has 100 valence electrons. The topological polar surface area (TPSA) is 37.8 Å². The number of hydrogen-bond donors (Lipinski definition) is 1. The van der Waals surface area contributed by atoms with Crippen molar-refractivity contribution in [2.45, 2.75) is 58.9 Å². The zero-order chi connectivity index (χ0) is 13.0. The van der Waals surface area contributed by atoms with Crippen LogP contribution in [0, 0.1) is 12.8 Å². The predicted octanol–water partition coefficient (Wildman–Crippen LogP) is 3.19. The Morgan fingerprint density at radius 2 is 2.11 bits per heavy atom. The summed E-state index contributed by atoms with van der Waals surface area (Å²) in [5, 5.41) is 12.3. The number of aromatic nitrogens is 2. The van der Waals surface area contributed by atoms with Gasteiger partial charge in [0.25, 0.3) is 0 Å². The summed E-state index contributed by atoms with van der Waals surface area (Å²) in [5.41, 5.74) is 3.59. The normalized spacial score (nSPS) is 17.5. The van der Waals surface area contributed by atoms with E-state index < -0.39 is 0 Å². The van der Waals surface area contributed by atoms with Crippen molar-refractivity contribution < 1.29 is 0 Å². The summed E-state index contributed by atoms with van der Waals surface area (Å²) in [6.45, 7) is 7.52. The lowest BCUT2D eigenvalue weighted by molar-refractivity contribution is 0.229. The molecule has 1 aromatic rings. The van der Waals surface area contributed by atoms with Crippen molar-refractivity contribution in [3.63, 3.8) is 0 Å². The van der Waals surface area contributed by atoms with Crippen LogP contribution < -0.4 is 5.32 Å². The highest BCUT2D eigenvalue weighted by Crippen LogP contribution is 2.38. The first-order valence-corrected chi connectivity index (χ1v) is 7.32. The summed E-state index contributed by atoms with van der Waals surface area (Å²) in [5.74, 6) is 0.797. The van der Waals surface area contributed by atoms with Gasteiger partial charge in [-0.05, 0) is 56.7 Å². The van der Waals surface area contributed by atoms with Crippen LogP contribution in [0.5, 0.6) is 0 Å². The standard InChI is InChI=1S/C15H25N3/c1-4-9-16-15(12-7-6-8-12)13-10-11(3)17-18-14(13)5-2/h10,12,15-16H,4-9H2,1-3H3.